The molecule has 2 heterocycles. The number of hydrogen-bond acceptors (Lipinski definition) is 14. The molecule has 14 heteroatoms. The van der Waals surface area contributed by atoms with E-state index in [0.717, 1.165) is 12.8 Å². The molecule has 46 heavy (non-hydrogen) atoms. The van der Waals surface area contributed by atoms with Crippen LogP contribution in [0.5, 0.6) is 0 Å². The molecule has 262 valence electrons. The van der Waals surface area contributed by atoms with Crippen LogP contribution in [0.2, 0.25) is 0 Å². The molecule has 14 nitrogen and oxygen atoms in total. The average molecular weight is 659 g/mol. The minimum absolute atomic E-state index is 0.104. The second-order valence-electron chi connectivity index (χ2n) is 15.1. The number of fused-ring (bicyclic) bond motifs is 3. The van der Waals surface area contributed by atoms with Gasteiger partial charge in [0.05, 0.1) is 30.8 Å². The van der Waals surface area contributed by atoms with Gasteiger partial charge < -0.3 is 64.9 Å². The van der Waals surface area contributed by atoms with Crippen molar-refractivity contribution < 1.29 is 69.7 Å². The van der Waals surface area contributed by atoms with Crippen LogP contribution in [0.25, 0.3) is 0 Å². The van der Waals surface area contributed by atoms with Gasteiger partial charge in [-0.2, -0.15) is 0 Å². The largest absolute Gasteiger partial charge is 0.432 e. The van der Waals surface area contributed by atoms with E-state index >= 15 is 0 Å². The monoisotopic (exact) mass is 658 g/mol. The minimum Gasteiger partial charge on any atom is -0.432 e. The summed E-state index contributed by atoms with van der Waals surface area (Å²) in [5.74, 6) is -0.570. The van der Waals surface area contributed by atoms with Gasteiger partial charge in [-0.3, -0.25) is 4.79 Å². The Kier molecular flexibility index (Phi) is 9.21. The van der Waals surface area contributed by atoms with Gasteiger partial charge in [-0.1, -0.05) is 19.4 Å². The quantitative estimate of drug-likeness (QED) is 0.0835. The van der Waals surface area contributed by atoms with Crippen molar-refractivity contribution in [2.24, 2.45) is 28.1 Å². The van der Waals surface area contributed by atoms with Crippen molar-refractivity contribution in [2.45, 2.75) is 132 Å². The first-order chi connectivity index (χ1) is 21.7. The Morgan fingerprint density at radius 3 is 1.98 bits per heavy atom. The molecule has 0 radical (unpaired) electrons. The molecule has 9 N–H and O–H groups in total. The van der Waals surface area contributed by atoms with Gasteiger partial charge in [0.15, 0.2) is 6.29 Å². The molecule has 0 aromatic rings. The van der Waals surface area contributed by atoms with E-state index in [0.29, 0.717) is 44.1 Å². The van der Waals surface area contributed by atoms with Gasteiger partial charge in [0.25, 0.3) is 0 Å². The van der Waals surface area contributed by atoms with Crippen LogP contribution in [-0.4, -0.2) is 139 Å². The van der Waals surface area contributed by atoms with Crippen LogP contribution in [0.3, 0.4) is 0 Å². The number of esters is 1. The van der Waals surface area contributed by atoms with Crippen molar-refractivity contribution in [2.75, 3.05) is 19.8 Å². The second-order valence-corrected chi connectivity index (χ2v) is 15.1. The lowest BCUT2D eigenvalue weighted by Gasteiger charge is -2.64. The van der Waals surface area contributed by atoms with Gasteiger partial charge in [-0.15, -0.1) is 0 Å². The summed E-state index contributed by atoms with van der Waals surface area (Å²) in [5, 5.41) is 92.0. The Morgan fingerprint density at radius 1 is 0.783 bits per heavy atom. The summed E-state index contributed by atoms with van der Waals surface area (Å²) in [6, 6.07) is 0. The van der Waals surface area contributed by atoms with E-state index in [4.69, 9.17) is 18.9 Å². The molecule has 2 aliphatic heterocycles. The van der Waals surface area contributed by atoms with E-state index in [1.807, 2.05) is 6.92 Å². The first kappa shape index (κ1) is 34.6. The molecule has 0 aromatic carbocycles. The molecule has 0 amide bonds. The Bertz CT molecular complexity index is 1180. The molecule has 0 aromatic heterocycles. The number of aliphatic hydroxyl groups is 9. The number of aliphatic hydroxyl groups excluding tert-OH is 9. The highest BCUT2D eigenvalue weighted by molar-refractivity contribution is 5.77. The van der Waals surface area contributed by atoms with Crippen molar-refractivity contribution in [1.82, 2.24) is 0 Å². The lowest BCUT2D eigenvalue weighted by atomic mass is 9.40. The molecule has 2 bridgehead atoms. The topological polar surface area (TPSA) is 236 Å². The van der Waals surface area contributed by atoms with Gasteiger partial charge in [0.1, 0.15) is 48.8 Å². The Balaban J connectivity index is 1.23. The lowest BCUT2D eigenvalue weighted by Crippen LogP contribution is -2.63. The maximum Gasteiger partial charge on any atom is 0.314 e. The van der Waals surface area contributed by atoms with E-state index in [2.05, 4.69) is 13.0 Å². The fraction of sp³-hybridized carbons (Fsp3) is 0.906. The molecular formula is C32H50O14. The van der Waals surface area contributed by atoms with E-state index in [1.54, 1.807) is 0 Å². The molecular weight excluding hydrogens is 608 g/mol. The van der Waals surface area contributed by atoms with Crippen molar-refractivity contribution in [1.29, 1.82) is 0 Å². The molecule has 6 aliphatic rings. The molecule has 2 saturated heterocycles. The van der Waals surface area contributed by atoms with Crippen molar-refractivity contribution in [3.05, 3.63) is 11.6 Å². The van der Waals surface area contributed by atoms with Gasteiger partial charge in [-0.25, -0.2) is 0 Å². The van der Waals surface area contributed by atoms with Crippen LogP contribution in [0.4, 0.5) is 0 Å². The molecule has 4 aliphatic carbocycles. The first-order valence-electron chi connectivity index (χ1n) is 16.5. The summed E-state index contributed by atoms with van der Waals surface area (Å²) in [4.78, 5) is 14.0. The van der Waals surface area contributed by atoms with Crippen LogP contribution in [-0.2, 0) is 23.7 Å². The molecule has 0 unspecified atom stereocenters. The summed E-state index contributed by atoms with van der Waals surface area (Å²) in [6.07, 6.45) is -7.53. The highest BCUT2D eigenvalue weighted by Gasteiger charge is 2.68. The summed E-state index contributed by atoms with van der Waals surface area (Å²) < 4.78 is 23.3. The smallest absolute Gasteiger partial charge is 0.314 e. The van der Waals surface area contributed by atoms with Crippen LogP contribution in [0.15, 0.2) is 11.6 Å². The summed E-state index contributed by atoms with van der Waals surface area (Å²) >= 11 is 0. The molecule has 6 rings (SSSR count). The second kappa shape index (κ2) is 12.3. The maximum atomic E-state index is 14.0. The number of rotatable bonds is 7. The normalized spacial score (nSPS) is 53.6. The number of hydrogen-bond donors (Lipinski definition) is 9. The van der Waals surface area contributed by atoms with Gasteiger partial charge in [0, 0.05) is 0 Å². The van der Waals surface area contributed by atoms with E-state index in [9.17, 15) is 50.8 Å². The van der Waals surface area contributed by atoms with Crippen LogP contribution >= 0.6 is 0 Å². The predicted molar refractivity (Wildman–Crippen MR) is 155 cm³/mol. The van der Waals surface area contributed by atoms with Crippen molar-refractivity contribution in [3.63, 3.8) is 0 Å². The third-order valence-corrected chi connectivity index (χ3v) is 12.8. The molecule has 5 fully saturated rings. The number of carbonyl (C=O) groups is 1. The zero-order valence-corrected chi connectivity index (χ0v) is 26.3. The summed E-state index contributed by atoms with van der Waals surface area (Å²) in [5.41, 5.74) is -1.97. The van der Waals surface area contributed by atoms with Gasteiger partial charge in [-0.05, 0) is 80.1 Å². The lowest BCUT2D eigenvalue weighted by molar-refractivity contribution is -0.329. The average Bonchev–Trinajstić information content (AvgIpc) is 3.26. The first-order valence-corrected chi connectivity index (χ1v) is 16.5. The third-order valence-electron chi connectivity index (χ3n) is 12.8. The van der Waals surface area contributed by atoms with E-state index in [-0.39, 0.29) is 29.3 Å². The predicted octanol–water partition coefficient (Wildman–Crippen LogP) is -1.79. The summed E-state index contributed by atoms with van der Waals surface area (Å²) in [6.45, 7) is 2.58. The SMILES string of the molecule is C[C@@]12CCC[C@@](C)(C(=O)O[C@@H]3O[C@H](CO)[C@@H](O)[C@H](O)[C@H]3O)[C@H]1CC[C@]13C=C(CO)[C@](O[C@@H]4O[C@H](CO)[C@@H](O)[C@H](O)[C@H]4O)(CC[C@H]12)C3. The van der Waals surface area contributed by atoms with E-state index < -0.39 is 91.6 Å². The molecule has 3 saturated carbocycles. The van der Waals surface area contributed by atoms with E-state index in [1.165, 1.54) is 0 Å². The fourth-order valence-corrected chi connectivity index (χ4v) is 10.4. The van der Waals surface area contributed by atoms with Crippen LogP contribution < -0.4 is 0 Å². The van der Waals surface area contributed by atoms with Crippen LogP contribution in [0, 0.1) is 28.1 Å². The highest BCUT2D eigenvalue weighted by atomic mass is 16.7. The maximum absolute atomic E-state index is 14.0. The Labute approximate surface area is 267 Å². The minimum atomic E-state index is -1.69. The number of allylic oxidation sites excluding steroid dienone is 1. The van der Waals surface area contributed by atoms with Crippen LogP contribution in [0.1, 0.15) is 65.2 Å². The zero-order chi connectivity index (χ0) is 33.4. The molecule has 1 spiro atoms. The van der Waals surface area contributed by atoms with Gasteiger partial charge in [0.2, 0.25) is 6.29 Å². The van der Waals surface area contributed by atoms with Crippen molar-refractivity contribution in [3.8, 4) is 0 Å². The fourth-order valence-electron chi connectivity index (χ4n) is 10.4. The Hall–Kier alpha value is -1.27. The van der Waals surface area contributed by atoms with Gasteiger partial charge >= 0.3 is 5.97 Å². The highest BCUT2D eigenvalue weighted by Crippen LogP contribution is 2.72. The standard InChI is InChI=1S/C32H50O14/c1-29-6-3-7-30(2,28(42)45-26-24(40)22(38)20(36)16(12-34)43-26)18(29)4-8-31-10-15(11-33)32(14-31,9-5-19(29)31)46-27-25(41)23(39)21(37)17(13-35)44-27/h10,16-27,33-41H,3-9,11-14H2,1-2H3/t16-,17-,18+,19+,20-,21-,22+,23+,24-,25-,26+,27+,29-,30-,31-,32+/m1/s1. The van der Waals surface area contributed by atoms with Crippen molar-refractivity contribution >= 4 is 5.97 Å². The summed E-state index contributed by atoms with van der Waals surface area (Å²) in [7, 11) is 0. The number of carbonyl (C=O) groups excluding carboxylic acids is 1. The number of ether oxygens (including phenoxy) is 4. The zero-order valence-electron chi connectivity index (χ0n) is 26.3. The Morgan fingerprint density at radius 2 is 1.37 bits per heavy atom. The molecule has 16 atom stereocenters. The third kappa shape index (κ3) is 5.11.